The zero-order valence-electron chi connectivity index (χ0n) is 15.0. The molecule has 6 nitrogen and oxygen atoms in total. The second-order valence-electron chi connectivity index (χ2n) is 6.00. The van der Waals surface area contributed by atoms with Crippen molar-refractivity contribution in [1.29, 1.82) is 0 Å². The summed E-state index contributed by atoms with van der Waals surface area (Å²) >= 11 is 6.29. The van der Waals surface area contributed by atoms with Gasteiger partial charge in [0.2, 0.25) is 0 Å². The van der Waals surface area contributed by atoms with Crippen LogP contribution in [0.15, 0.2) is 59.8 Å². The molecule has 2 aromatic rings. The number of amides is 3. The molecule has 3 N–H and O–H groups in total. The maximum atomic E-state index is 13.0. The van der Waals surface area contributed by atoms with Crippen molar-refractivity contribution in [1.82, 2.24) is 10.6 Å². The predicted octanol–water partition coefficient (Wildman–Crippen LogP) is 4.01. The number of hydrogen-bond acceptors (Lipinski definition) is 3. The smallest absolute Gasteiger partial charge is 0.319 e. The monoisotopic (exact) mass is 385 g/mol. The average Bonchev–Trinajstić information content (AvgIpc) is 2.63. The van der Waals surface area contributed by atoms with Crippen LogP contribution in [0.25, 0.3) is 0 Å². The summed E-state index contributed by atoms with van der Waals surface area (Å²) < 4.78 is 5.40. The molecule has 0 saturated heterocycles. The number of carbonyl (C=O) groups is 2. The van der Waals surface area contributed by atoms with E-state index >= 15 is 0 Å². The summed E-state index contributed by atoms with van der Waals surface area (Å²) in [7, 11) is 0. The molecule has 7 heteroatoms. The highest BCUT2D eigenvalue weighted by Crippen LogP contribution is 2.32. The van der Waals surface area contributed by atoms with Gasteiger partial charge in [0.15, 0.2) is 0 Å². The van der Waals surface area contributed by atoms with Crippen LogP contribution in [-0.2, 0) is 4.79 Å². The number of urea groups is 1. The van der Waals surface area contributed by atoms with Crippen molar-refractivity contribution >= 4 is 29.2 Å². The number of rotatable bonds is 5. The van der Waals surface area contributed by atoms with Crippen molar-refractivity contribution in [3.8, 4) is 5.75 Å². The van der Waals surface area contributed by atoms with E-state index in [-0.39, 0.29) is 11.9 Å². The molecule has 0 saturated carbocycles. The molecule has 3 rings (SSSR count). The number of nitrogens with one attached hydrogen (secondary N) is 3. The zero-order chi connectivity index (χ0) is 19.4. The summed E-state index contributed by atoms with van der Waals surface area (Å²) in [6.07, 6.45) is 0. The molecule has 0 unspecified atom stereocenters. The highest BCUT2D eigenvalue weighted by atomic mass is 35.5. The minimum Gasteiger partial charge on any atom is -0.494 e. The Bertz CT molecular complexity index is 894. The van der Waals surface area contributed by atoms with Gasteiger partial charge >= 0.3 is 6.03 Å². The number of hydrogen-bond donors (Lipinski definition) is 3. The van der Waals surface area contributed by atoms with E-state index in [0.29, 0.717) is 34.2 Å². The van der Waals surface area contributed by atoms with Gasteiger partial charge in [-0.15, -0.1) is 0 Å². The summed E-state index contributed by atoms with van der Waals surface area (Å²) in [5.41, 5.74) is 2.16. The second kappa shape index (κ2) is 8.14. The van der Waals surface area contributed by atoms with E-state index in [4.69, 9.17) is 16.3 Å². The fourth-order valence-electron chi connectivity index (χ4n) is 2.94. The van der Waals surface area contributed by atoms with Gasteiger partial charge in [-0.1, -0.05) is 29.8 Å². The van der Waals surface area contributed by atoms with Gasteiger partial charge in [0.05, 0.1) is 18.2 Å². The van der Waals surface area contributed by atoms with Gasteiger partial charge in [0.25, 0.3) is 5.91 Å². The number of ether oxygens (including phenoxy) is 1. The van der Waals surface area contributed by atoms with Gasteiger partial charge in [-0.3, -0.25) is 4.79 Å². The first-order valence-electron chi connectivity index (χ1n) is 8.56. The van der Waals surface area contributed by atoms with E-state index in [0.717, 1.165) is 5.75 Å². The van der Waals surface area contributed by atoms with E-state index in [9.17, 15) is 9.59 Å². The Kier molecular flexibility index (Phi) is 5.66. The molecule has 0 aromatic heterocycles. The Labute approximate surface area is 162 Å². The number of benzene rings is 2. The lowest BCUT2D eigenvalue weighted by Crippen LogP contribution is -2.46. The number of allylic oxidation sites excluding steroid dienone is 1. The highest BCUT2D eigenvalue weighted by molar-refractivity contribution is 6.31. The van der Waals surface area contributed by atoms with Crippen LogP contribution < -0.4 is 20.7 Å². The largest absolute Gasteiger partial charge is 0.494 e. The van der Waals surface area contributed by atoms with Crippen LogP contribution in [0.5, 0.6) is 5.75 Å². The second-order valence-corrected chi connectivity index (χ2v) is 6.41. The maximum absolute atomic E-state index is 13.0. The van der Waals surface area contributed by atoms with Gasteiger partial charge in [-0.25, -0.2) is 4.79 Å². The molecule has 1 heterocycles. The van der Waals surface area contributed by atoms with E-state index < -0.39 is 6.04 Å². The lowest BCUT2D eigenvalue weighted by molar-refractivity contribution is -0.113. The normalized spacial score (nSPS) is 16.4. The molecule has 0 bridgehead atoms. The molecule has 0 radical (unpaired) electrons. The fourth-order valence-corrected chi connectivity index (χ4v) is 3.18. The predicted molar refractivity (Wildman–Crippen MR) is 105 cm³/mol. The van der Waals surface area contributed by atoms with E-state index in [2.05, 4.69) is 16.0 Å². The standard InChI is InChI=1S/C20H20ClN3O3/c1-3-27-14-10-8-13(9-11-14)23-19(25)17-12(2)22-20(26)24-18(17)15-6-4-5-7-16(15)21/h4-11,18H,3H2,1-2H3,(H,23,25)(H2,22,24,26)/t18-/m1/s1. The lowest BCUT2D eigenvalue weighted by Gasteiger charge is -2.29. The van der Waals surface area contributed by atoms with Crippen LogP contribution in [-0.4, -0.2) is 18.5 Å². The topological polar surface area (TPSA) is 79.5 Å². The molecule has 0 spiro atoms. The van der Waals surface area contributed by atoms with Crippen molar-refractivity contribution in [3.63, 3.8) is 0 Å². The van der Waals surface area contributed by atoms with E-state index in [1.165, 1.54) is 0 Å². The minimum atomic E-state index is -0.643. The third-order valence-corrected chi connectivity index (χ3v) is 4.50. The minimum absolute atomic E-state index is 0.325. The van der Waals surface area contributed by atoms with Crippen LogP contribution in [0.1, 0.15) is 25.5 Å². The molecule has 0 aliphatic carbocycles. The van der Waals surface area contributed by atoms with Crippen molar-refractivity contribution in [2.45, 2.75) is 19.9 Å². The van der Waals surface area contributed by atoms with Gasteiger partial charge in [0.1, 0.15) is 5.75 Å². The van der Waals surface area contributed by atoms with Crippen LogP contribution in [0.3, 0.4) is 0 Å². The van der Waals surface area contributed by atoms with Crippen molar-refractivity contribution in [2.75, 3.05) is 11.9 Å². The van der Waals surface area contributed by atoms with E-state index in [1.54, 1.807) is 49.4 Å². The lowest BCUT2D eigenvalue weighted by atomic mass is 9.94. The van der Waals surface area contributed by atoms with Crippen LogP contribution >= 0.6 is 11.6 Å². The molecular formula is C20H20ClN3O3. The van der Waals surface area contributed by atoms with Crippen molar-refractivity contribution < 1.29 is 14.3 Å². The molecule has 27 heavy (non-hydrogen) atoms. The highest BCUT2D eigenvalue weighted by Gasteiger charge is 2.32. The number of halogens is 1. The van der Waals surface area contributed by atoms with Crippen molar-refractivity contribution in [3.05, 3.63) is 70.4 Å². The zero-order valence-corrected chi connectivity index (χ0v) is 15.8. The van der Waals surface area contributed by atoms with Crippen molar-refractivity contribution in [2.24, 2.45) is 0 Å². The molecule has 0 fully saturated rings. The van der Waals surface area contributed by atoms with Crippen LogP contribution in [0.4, 0.5) is 10.5 Å². The van der Waals surface area contributed by atoms with Crippen LogP contribution in [0.2, 0.25) is 5.02 Å². The first-order chi connectivity index (χ1) is 13.0. The van der Waals surface area contributed by atoms with Gasteiger partial charge in [0, 0.05) is 16.4 Å². The Balaban J connectivity index is 1.88. The third-order valence-electron chi connectivity index (χ3n) is 4.15. The summed E-state index contributed by atoms with van der Waals surface area (Å²) in [6.45, 7) is 4.17. The average molecular weight is 386 g/mol. The molecule has 1 aliphatic heterocycles. The Hall–Kier alpha value is -2.99. The first-order valence-corrected chi connectivity index (χ1v) is 8.94. The van der Waals surface area contributed by atoms with Gasteiger partial charge < -0.3 is 20.7 Å². The van der Waals surface area contributed by atoms with E-state index in [1.807, 2.05) is 13.0 Å². The summed E-state index contributed by atoms with van der Waals surface area (Å²) in [5.74, 6) is 0.403. The quantitative estimate of drug-likeness (QED) is 0.727. The Morgan fingerprint density at radius 3 is 2.56 bits per heavy atom. The number of carbonyl (C=O) groups excluding carboxylic acids is 2. The Morgan fingerprint density at radius 1 is 1.19 bits per heavy atom. The molecule has 3 amide bonds. The third kappa shape index (κ3) is 4.23. The van der Waals surface area contributed by atoms with Gasteiger partial charge in [-0.2, -0.15) is 0 Å². The van der Waals surface area contributed by atoms with Crippen LogP contribution in [0, 0.1) is 0 Å². The molecule has 1 aliphatic rings. The summed E-state index contributed by atoms with van der Waals surface area (Å²) in [5, 5.41) is 8.75. The summed E-state index contributed by atoms with van der Waals surface area (Å²) in [6, 6.07) is 13.2. The number of anilines is 1. The SMILES string of the molecule is CCOc1ccc(NC(=O)C2=C(C)NC(=O)N[C@@H]2c2ccccc2Cl)cc1. The maximum Gasteiger partial charge on any atom is 0.319 e. The first kappa shape index (κ1) is 18.8. The molecule has 2 aromatic carbocycles. The molecule has 1 atom stereocenters. The Morgan fingerprint density at radius 2 is 1.89 bits per heavy atom. The fraction of sp³-hybridized carbons (Fsp3) is 0.200. The molecular weight excluding hydrogens is 366 g/mol. The molecule has 140 valence electrons. The summed E-state index contributed by atoms with van der Waals surface area (Å²) in [4.78, 5) is 24.9. The van der Waals surface area contributed by atoms with Gasteiger partial charge in [-0.05, 0) is 49.7 Å².